The van der Waals surface area contributed by atoms with E-state index in [1.807, 2.05) is 30.3 Å². The van der Waals surface area contributed by atoms with Crippen molar-refractivity contribution in [3.05, 3.63) is 108 Å². The van der Waals surface area contributed by atoms with Crippen molar-refractivity contribution in [2.75, 3.05) is 26.2 Å². The highest BCUT2D eigenvalue weighted by molar-refractivity contribution is 5.94. The van der Waals surface area contributed by atoms with E-state index in [-0.39, 0.29) is 5.91 Å². The Morgan fingerprint density at radius 1 is 0.677 bits per heavy atom. The maximum atomic E-state index is 13.2. The molecule has 0 aromatic heterocycles. The van der Waals surface area contributed by atoms with Crippen LogP contribution in [0.1, 0.15) is 46.2 Å². The molecule has 2 aliphatic rings. The summed E-state index contributed by atoms with van der Waals surface area (Å²) in [4.78, 5) is 17.9. The van der Waals surface area contributed by atoms with Crippen LogP contribution < -0.4 is 0 Å². The molecular formula is C28H30N2O. The van der Waals surface area contributed by atoms with Gasteiger partial charge in [-0.3, -0.25) is 9.69 Å². The van der Waals surface area contributed by atoms with Crippen molar-refractivity contribution in [3.8, 4) is 0 Å². The lowest BCUT2D eigenvalue weighted by atomic mass is 9.87. The molecule has 3 heteroatoms. The number of carbonyl (C=O) groups excluding carboxylic acids is 1. The number of amides is 1. The van der Waals surface area contributed by atoms with Gasteiger partial charge in [-0.1, -0.05) is 78.9 Å². The van der Waals surface area contributed by atoms with Gasteiger partial charge in [0.1, 0.15) is 0 Å². The van der Waals surface area contributed by atoms with Crippen LogP contribution in [0.3, 0.4) is 0 Å². The van der Waals surface area contributed by atoms with Crippen LogP contribution in [-0.4, -0.2) is 47.9 Å². The van der Waals surface area contributed by atoms with E-state index in [0.717, 1.165) is 31.7 Å². The maximum absolute atomic E-state index is 13.2. The Balaban J connectivity index is 1.34. The molecule has 0 unspecified atom stereocenters. The summed E-state index contributed by atoms with van der Waals surface area (Å²) in [6, 6.07) is 31.8. The molecule has 2 atom stereocenters. The number of likely N-dealkylation sites (tertiary alicyclic amines) is 2. The van der Waals surface area contributed by atoms with Gasteiger partial charge < -0.3 is 4.90 Å². The summed E-state index contributed by atoms with van der Waals surface area (Å²) in [6.45, 7) is 3.80. The van der Waals surface area contributed by atoms with Gasteiger partial charge in [-0.15, -0.1) is 0 Å². The Morgan fingerprint density at radius 2 is 1.23 bits per heavy atom. The van der Waals surface area contributed by atoms with Crippen LogP contribution in [0.5, 0.6) is 0 Å². The molecule has 0 saturated carbocycles. The lowest BCUT2D eigenvalue weighted by molar-refractivity contribution is 0.0769. The van der Waals surface area contributed by atoms with Gasteiger partial charge in [-0.2, -0.15) is 0 Å². The summed E-state index contributed by atoms with van der Waals surface area (Å²) >= 11 is 0. The number of nitrogens with zero attached hydrogens (tertiary/aromatic N) is 2. The van der Waals surface area contributed by atoms with E-state index in [1.54, 1.807) is 0 Å². The van der Waals surface area contributed by atoms with Gasteiger partial charge >= 0.3 is 0 Å². The number of hydrogen-bond donors (Lipinski definition) is 0. The van der Waals surface area contributed by atoms with E-state index in [2.05, 4.69) is 70.5 Å². The summed E-state index contributed by atoms with van der Waals surface area (Å²) in [7, 11) is 0. The minimum atomic E-state index is 0.156. The fraction of sp³-hybridized carbons (Fsp3) is 0.321. The Kier molecular flexibility index (Phi) is 5.86. The van der Waals surface area contributed by atoms with Crippen molar-refractivity contribution >= 4 is 5.91 Å². The predicted molar refractivity (Wildman–Crippen MR) is 125 cm³/mol. The highest BCUT2D eigenvalue weighted by Gasteiger charge is 2.40. The molecule has 0 radical (unpaired) electrons. The van der Waals surface area contributed by atoms with Crippen molar-refractivity contribution < 1.29 is 4.79 Å². The lowest BCUT2D eigenvalue weighted by Gasteiger charge is -2.38. The first kappa shape index (κ1) is 20.0. The van der Waals surface area contributed by atoms with E-state index in [9.17, 15) is 4.79 Å². The Hall–Kier alpha value is -2.91. The fourth-order valence-electron chi connectivity index (χ4n) is 5.40. The molecule has 3 aromatic rings. The van der Waals surface area contributed by atoms with Crippen molar-refractivity contribution in [2.45, 2.75) is 30.7 Å². The first-order chi connectivity index (χ1) is 15.3. The van der Waals surface area contributed by atoms with Gasteiger partial charge in [-0.05, 0) is 55.1 Å². The SMILES string of the molecule is O=C(c1ccccc1)N1C[C@@H](N2CCC(c3ccccc3)CC2)[C@H](c2ccccc2)C1. The number of benzene rings is 3. The largest absolute Gasteiger partial charge is 0.336 e. The molecule has 0 aliphatic carbocycles. The molecule has 0 N–H and O–H groups in total. The molecule has 0 bridgehead atoms. The summed E-state index contributed by atoms with van der Waals surface area (Å²) in [5.74, 6) is 1.17. The van der Waals surface area contributed by atoms with Crippen LogP contribution in [0.2, 0.25) is 0 Å². The van der Waals surface area contributed by atoms with Gasteiger partial charge in [0, 0.05) is 30.6 Å². The average Bonchev–Trinajstić information content (AvgIpc) is 3.31. The van der Waals surface area contributed by atoms with Gasteiger partial charge in [-0.25, -0.2) is 0 Å². The lowest BCUT2D eigenvalue weighted by Crippen LogP contribution is -2.45. The second-order valence-electron chi connectivity index (χ2n) is 8.88. The fourth-order valence-corrected chi connectivity index (χ4v) is 5.40. The molecule has 158 valence electrons. The highest BCUT2D eigenvalue weighted by Crippen LogP contribution is 2.36. The van der Waals surface area contributed by atoms with Gasteiger partial charge in [0.15, 0.2) is 0 Å². The third-order valence-electron chi connectivity index (χ3n) is 7.09. The Morgan fingerprint density at radius 3 is 1.84 bits per heavy atom. The van der Waals surface area contributed by atoms with Crippen LogP contribution in [0, 0.1) is 0 Å². The number of hydrogen-bond acceptors (Lipinski definition) is 2. The van der Waals surface area contributed by atoms with Crippen molar-refractivity contribution in [1.29, 1.82) is 0 Å². The molecule has 2 heterocycles. The monoisotopic (exact) mass is 410 g/mol. The number of piperidine rings is 1. The van der Waals surface area contributed by atoms with E-state index >= 15 is 0 Å². The standard InChI is InChI=1S/C28H30N2O/c31-28(25-14-8-3-9-15-25)30-20-26(24-12-6-2-7-13-24)27(21-30)29-18-16-23(17-19-29)22-10-4-1-5-11-22/h1-15,23,26-27H,16-21H2/t26-,27+/m0/s1. The number of rotatable bonds is 4. The van der Waals surface area contributed by atoms with Crippen molar-refractivity contribution in [2.24, 2.45) is 0 Å². The Labute approximate surface area is 185 Å². The first-order valence-electron chi connectivity index (χ1n) is 11.5. The van der Waals surface area contributed by atoms with E-state index in [4.69, 9.17) is 0 Å². The minimum absolute atomic E-state index is 0.156. The summed E-state index contributed by atoms with van der Waals surface area (Å²) in [6.07, 6.45) is 2.38. The van der Waals surface area contributed by atoms with E-state index in [1.165, 1.54) is 24.0 Å². The van der Waals surface area contributed by atoms with Gasteiger partial charge in [0.2, 0.25) is 0 Å². The topological polar surface area (TPSA) is 23.6 Å². The molecule has 3 nitrogen and oxygen atoms in total. The van der Waals surface area contributed by atoms with Crippen LogP contribution >= 0.6 is 0 Å². The van der Waals surface area contributed by atoms with Crippen LogP contribution in [0.15, 0.2) is 91.0 Å². The summed E-state index contributed by atoms with van der Waals surface area (Å²) in [5.41, 5.74) is 3.60. The summed E-state index contributed by atoms with van der Waals surface area (Å²) < 4.78 is 0. The Bertz CT molecular complexity index is 981. The molecule has 0 spiro atoms. The van der Waals surface area contributed by atoms with Crippen molar-refractivity contribution in [3.63, 3.8) is 0 Å². The van der Waals surface area contributed by atoms with E-state index in [0.29, 0.717) is 17.9 Å². The van der Waals surface area contributed by atoms with E-state index < -0.39 is 0 Å². The van der Waals surface area contributed by atoms with Gasteiger partial charge in [0.05, 0.1) is 0 Å². The highest BCUT2D eigenvalue weighted by atomic mass is 16.2. The third kappa shape index (κ3) is 4.28. The molecule has 2 aliphatic heterocycles. The maximum Gasteiger partial charge on any atom is 0.253 e. The zero-order valence-corrected chi connectivity index (χ0v) is 17.9. The normalized spacial score (nSPS) is 22.5. The molecular weight excluding hydrogens is 380 g/mol. The molecule has 2 fully saturated rings. The summed E-state index contributed by atoms with van der Waals surface area (Å²) in [5, 5.41) is 0. The molecule has 1 amide bonds. The quantitative estimate of drug-likeness (QED) is 0.592. The molecule has 31 heavy (non-hydrogen) atoms. The third-order valence-corrected chi connectivity index (χ3v) is 7.09. The predicted octanol–water partition coefficient (Wildman–Crippen LogP) is 5.17. The molecule has 2 saturated heterocycles. The smallest absolute Gasteiger partial charge is 0.253 e. The molecule has 3 aromatic carbocycles. The van der Waals surface area contributed by atoms with Crippen LogP contribution in [0.4, 0.5) is 0 Å². The van der Waals surface area contributed by atoms with Crippen LogP contribution in [-0.2, 0) is 0 Å². The average molecular weight is 411 g/mol. The van der Waals surface area contributed by atoms with Gasteiger partial charge in [0.25, 0.3) is 5.91 Å². The first-order valence-corrected chi connectivity index (χ1v) is 11.5. The zero-order chi connectivity index (χ0) is 21.0. The number of carbonyl (C=O) groups is 1. The van der Waals surface area contributed by atoms with Crippen molar-refractivity contribution in [1.82, 2.24) is 9.80 Å². The second kappa shape index (κ2) is 9.07. The molecule has 5 rings (SSSR count). The zero-order valence-electron chi connectivity index (χ0n) is 17.9. The second-order valence-corrected chi connectivity index (χ2v) is 8.88. The minimum Gasteiger partial charge on any atom is -0.336 e. The van der Waals surface area contributed by atoms with Crippen LogP contribution in [0.25, 0.3) is 0 Å².